The summed E-state index contributed by atoms with van der Waals surface area (Å²) in [6.45, 7) is 4.97. The van der Waals surface area contributed by atoms with Crippen molar-refractivity contribution >= 4 is 39.4 Å². The number of ether oxygens (including phenoxy) is 1. The third kappa shape index (κ3) is 7.51. The number of hydroxylamine groups is 1. The normalized spacial score (nSPS) is 7.42. The van der Waals surface area contributed by atoms with Crippen LogP contribution < -0.4 is 5.48 Å². The first-order chi connectivity index (χ1) is 5.20. The van der Waals surface area contributed by atoms with E-state index in [9.17, 15) is 9.59 Å². The molecule has 5 nitrogen and oxygen atoms in total. The fourth-order valence-electron chi connectivity index (χ4n) is 0.294. The standard InChI is InChI=1S/C6H9NO4.Pb.2H/c1-3-5(8)11-7-6(9)10-4-2;;;/h3H,1,4H2,2H3,(H,7,9);;;. The summed E-state index contributed by atoms with van der Waals surface area (Å²) in [7, 11) is 0. The molecule has 0 aliphatic rings. The molecule has 0 bridgehead atoms. The molecule has 6 heteroatoms. The average Bonchev–Trinajstić information content (AvgIpc) is 2.01. The fourth-order valence-corrected chi connectivity index (χ4v) is 0.294. The van der Waals surface area contributed by atoms with Gasteiger partial charge in [-0.05, 0) is 6.92 Å². The second-order valence-electron chi connectivity index (χ2n) is 1.45. The minimum absolute atomic E-state index is 0. The van der Waals surface area contributed by atoms with Crippen molar-refractivity contribution in [2.24, 2.45) is 0 Å². The van der Waals surface area contributed by atoms with Crippen molar-refractivity contribution in [2.45, 2.75) is 6.92 Å². The van der Waals surface area contributed by atoms with Crippen LogP contribution >= 0.6 is 0 Å². The van der Waals surface area contributed by atoms with Gasteiger partial charge in [0.15, 0.2) is 0 Å². The number of rotatable bonds is 2. The monoisotopic (exact) mass is 369 g/mol. The topological polar surface area (TPSA) is 64.6 Å². The number of carbonyl (C=O) groups excluding carboxylic acids is 2. The minimum atomic E-state index is -0.803. The number of carbonyl (C=O) groups is 2. The third-order valence-corrected chi connectivity index (χ3v) is 0.677. The fraction of sp³-hybridized carbons (Fsp3) is 0.333. The van der Waals surface area contributed by atoms with Gasteiger partial charge in [0.25, 0.3) is 0 Å². The van der Waals surface area contributed by atoms with Crippen LogP contribution in [0.1, 0.15) is 6.92 Å². The number of hydrogen-bond acceptors (Lipinski definition) is 4. The molecule has 1 N–H and O–H groups in total. The van der Waals surface area contributed by atoms with Gasteiger partial charge in [0, 0.05) is 6.08 Å². The molecule has 0 saturated heterocycles. The van der Waals surface area contributed by atoms with Crippen LogP contribution in [0, 0.1) is 0 Å². The molecule has 0 spiro atoms. The summed E-state index contributed by atoms with van der Waals surface area (Å²) < 4.78 is 4.38. The Kier molecular flexibility index (Phi) is 9.88. The Morgan fingerprint density at radius 3 is 2.58 bits per heavy atom. The molecule has 0 heterocycles. The van der Waals surface area contributed by atoms with Crippen LogP contribution in [0.5, 0.6) is 0 Å². The number of hydrogen-bond donors (Lipinski definition) is 1. The molecule has 0 unspecified atom stereocenters. The summed E-state index contributed by atoms with van der Waals surface area (Å²) in [6, 6.07) is 0. The van der Waals surface area contributed by atoms with Gasteiger partial charge in [0.05, 0.1) is 6.61 Å². The van der Waals surface area contributed by atoms with Gasteiger partial charge in [-0.25, -0.2) is 9.59 Å². The molecule has 2 radical (unpaired) electrons. The second-order valence-corrected chi connectivity index (χ2v) is 1.45. The Bertz CT molecular complexity index is 171. The maximum absolute atomic E-state index is 10.4. The zero-order valence-electron chi connectivity index (χ0n) is 6.83. The van der Waals surface area contributed by atoms with Crippen LogP contribution in [-0.4, -0.2) is 46.0 Å². The van der Waals surface area contributed by atoms with Crippen LogP contribution in [0.4, 0.5) is 4.79 Å². The molecule has 12 heavy (non-hydrogen) atoms. The summed E-state index contributed by atoms with van der Waals surface area (Å²) >= 11 is 0. The predicted molar refractivity (Wildman–Crippen MR) is 45.0 cm³/mol. The van der Waals surface area contributed by atoms with Gasteiger partial charge in [0.1, 0.15) is 0 Å². The van der Waals surface area contributed by atoms with Crippen molar-refractivity contribution in [3.8, 4) is 0 Å². The van der Waals surface area contributed by atoms with E-state index in [1.165, 1.54) is 0 Å². The molecule has 0 aromatic heterocycles. The van der Waals surface area contributed by atoms with E-state index in [4.69, 9.17) is 0 Å². The van der Waals surface area contributed by atoms with Gasteiger partial charge in [-0.1, -0.05) is 6.58 Å². The summed E-state index contributed by atoms with van der Waals surface area (Å²) in [5, 5.41) is 0. The van der Waals surface area contributed by atoms with Crippen molar-refractivity contribution < 1.29 is 19.2 Å². The molecular weight excluding hydrogens is 357 g/mol. The molecule has 1 amide bonds. The Morgan fingerprint density at radius 1 is 1.58 bits per heavy atom. The van der Waals surface area contributed by atoms with Gasteiger partial charge < -0.3 is 9.57 Å². The summed E-state index contributed by atoms with van der Waals surface area (Å²) in [5.74, 6) is -0.738. The van der Waals surface area contributed by atoms with E-state index in [1.54, 1.807) is 12.4 Å². The molecular formula is C6H11NO4Pb. The maximum atomic E-state index is 10.4. The average molecular weight is 368 g/mol. The van der Waals surface area contributed by atoms with Crippen LogP contribution in [0.3, 0.4) is 0 Å². The first kappa shape index (κ1) is 14.0. The summed E-state index contributed by atoms with van der Waals surface area (Å²) in [6.07, 6.45) is 0.120. The number of nitrogens with one attached hydrogen (secondary N) is 1. The van der Waals surface area contributed by atoms with Crippen LogP contribution in [0.2, 0.25) is 0 Å². The van der Waals surface area contributed by atoms with Gasteiger partial charge in [-0.3, -0.25) is 0 Å². The third-order valence-electron chi connectivity index (χ3n) is 0.677. The van der Waals surface area contributed by atoms with Crippen molar-refractivity contribution in [1.82, 2.24) is 5.48 Å². The molecule has 0 aliphatic heterocycles. The van der Waals surface area contributed by atoms with E-state index in [0.717, 1.165) is 6.08 Å². The molecule has 0 aliphatic carbocycles. The zero-order valence-corrected chi connectivity index (χ0v) is 12.3. The van der Waals surface area contributed by atoms with Crippen LogP contribution in [0.15, 0.2) is 12.7 Å². The van der Waals surface area contributed by atoms with E-state index in [0.29, 0.717) is 0 Å². The Balaban J connectivity index is 0. The SMILES string of the molecule is C=CC(=O)ONC(=O)OCC.[PbH2]. The Hall–Kier alpha value is -0.598. The van der Waals surface area contributed by atoms with Gasteiger partial charge in [-0.2, -0.15) is 0 Å². The molecule has 0 rings (SSSR count). The number of amides is 1. The summed E-state index contributed by atoms with van der Waals surface area (Å²) in [5.41, 5.74) is 1.75. The molecule has 0 aromatic carbocycles. The van der Waals surface area contributed by atoms with E-state index in [-0.39, 0.29) is 33.9 Å². The Labute approximate surface area is 90.2 Å². The van der Waals surface area contributed by atoms with E-state index in [1.807, 2.05) is 0 Å². The van der Waals surface area contributed by atoms with Gasteiger partial charge >= 0.3 is 39.4 Å². The van der Waals surface area contributed by atoms with E-state index in [2.05, 4.69) is 16.2 Å². The molecule has 0 saturated carbocycles. The van der Waals surface area contributed by atoms with Crippen molar-refractivity contribution in [1.29, 1.82) is 0 Å². The molecule has 68 valence electrons. The van der Waals surface area contributed by atoms with Gasteiger partial charge in [-0.15, -0.1) is 5.48 Å². The van der Waals surface area contributed by atoms with Crippen LogP contribution in [-0.2, 0) is 14.4 Å². The summed E-state index contributed by atoms with van der Waals surface area (Å²) in [4.78, 5) is 24.9. The van der Waals surface area contributed by atoms with Gasteiger partial charge in [0.2, 0.25) is 0 Å². The quantitative estimate of drug-likeness (QED) is 0.404. The molecule has 0 atom stereocenters. The van der Waals surface area contributed by atoms with E-state index < -0.39 is 12.1 Å². The second kappa shape index (κ2) is 8.50. The first-order valence-corrected chi connectivity index (χ1v) is 2.96. The van der Waals surface area contributed by atoms with Crippen molar-refractivity contribution in [3.63, 3.8) is 0 Å². The molecule has 0 aromatic rings. The predicted octanol–water partition coefficient (Wildman–Crippen LogP) is -0.540. The van der Waals surface area contributed by atoms with E-state index >= 15 is 0 Å². The molecule has 0 fully saturated rings. The zero-order chi connectivity index (χ0) is 8.69. The van der Waals surface area contributed by atoms with Crippen LogP contribution in [0.25, 0.3) is 0 Å². The Morgan fingerprint density at radius 2 is 2.17 bits per heavy atom. The van der Waals surface area contributed by atoms with Crippen molar-refractivity contribution in [2.75, 3.05) is 6.61 Å². The van der Waals surface area contributed by atoms with Crippen molar-refractivity contribution in [3.05, 3.63) is 12.7 Å². The first-order valence-electron chi connectivity index (χ1n) is 2.96.